The molecule has 144 valence electrons. The molecule has 0 atom stereocenters. The van der Waals surface area contributed by atoms with Crippen molar-refractivity contribution in [1.29, 1.82) is 0 Å². The molecule has 0 saturated heterocycles. The van der Waals surface area contributed by atoms with Crippen LogP contribution in [0.3, 0.4) is 0 Å². The lowest BCUT2D eigenvalue weighted by atomic mass is 10.1. The molecule has 0 aliphatic carbocycles. The van der Waals surface area contributed by atoms with Gasteiger partial charge in [0.25, 0.3) is 0 Å². The third kappa shape index (κ3) is 4.19. The van der Waals surface area contributed by atoms with Gasteiger partial charge in [-0.3, -0.25) is 4.79 Å². The van der Waals surface area contributed by atoms with Crippen molar-refractivity contribution >= 4 is 5.97 Å². The number of rotatable bonds is 7. The van der Waals surface area contributed by atoms with E-state index >= 15 is 0 Å². The molecule has 0 aliphatic rings. The van der Waals surface area contributed by atoms with Crippen LogP contribution >= 0.6 is 0 Å². The van der Waals surface area contributed by atoms with E-state index in [2.05, 4.69) is 0 Å². The molecule has 0 amide bonds. The molecule has 0 radical (unpaired) electrons. The number of ether oxygens (including phenoxy) is 1. The van der Waals surface area contributed by atoms with Crippen molar-refractivity contribution in [2.24, 2.45) is 0 Å². The maximum Gasteiger partial charge on any atom is 0.306 e. The van der Waals surface area contributed by atoms with Crippen LogP contribution in [0, 0.1) is 0 Å². The molecular weight excluding hydrogens is 366 g/mol. The Morgan fingerprint density at radius 1 is 0.862 bits per heavy atom. The first-order valence-corrected chi connectivity index (χ1v) is 9.28. The van der Waals surface area contributed by atoms with Crippen LogP contribution in [-0.2, 0) is 4.79 Å². The number of oxazole rings is 1. The van der Waals surface area contributed by atoms with Gasteiger partial charge in [0.1, 0.15) is 11.4 Å². The first-order chi connectivity index (χ1) is 14.2. The average molecular weight is 385 g/mol. The van der Waals surface area contributed by atoms with Gasteiger partial charge in [0.2, 0.25) is 5.89 Å². The normalized spacial score (nSPS) is 10.6. The zero-order valence-corrected chi connectivity index (χ0v) is 15.6. The van der Waals surface area contributed by atoms with Crippen LogP contribution in [0.25, 0.3) is 34.0 Å². The predicted molar refractivity (Wildman–Crippen MR) is 111 cm³/mol. The summed E-state index contributed by atoms with van der Waals surface area (Å²) < 4.78 is 11.9. The van der Waals surface area contributed by atoms with Gasteiger partial charge < -0.3 is 14.3 Å². The fraction of sp³-hybridized carbons (Fsp3) is 0.0833. The molecule has 5 nitrogen and oxygen atoms in total. The standard InChI is InChI=1S/C24H19NO4/c26-21(27)15-16-28-20-14-8-7-13-19(20)24-25-22(17-9-3-1-4-10-17)23(29-24)18-11-5-2-6-12-18/h1-14H,15-16H2,(H,26,27). The van der Waals surface area contributed by atoms with Crippen LogP contribution in [0.5, 0.6) is 5.75 Å². The summed E-state index contributed by atoms with van der Waals surface area (Å²) in [4.78, 5) is 15.6. The Morgan fingerprint density at radius 3 is 2.17 bits per heavy atom. The summed E-state index contributed by atoms with van der Waals surface area (Å²) in [5.41, 5.74) is 3.30. The van der Waals surface area contributed by atoms with Crippen molar-refractivity contribution in [3.8, 4) is 39.8 Å². The van der Waals surface area contributed by atoms with Crippen LogP contribution in [0.1, 0.15) is 6.42 Å². The molecule has 4 aromatic rings. The van der Waals surface area contributed by atoms with Crippen LogP contribution in [-0.4, -0.2) is 22.7 Å². The topological polar surface area (TPSA) is 72.6 Å². The van der Waals surface area contributed by atoms with E-state index in [1.165, 1.54) is 0 Å². The van der Waals surface area contributed by atoms with Crippen molar-refractivity contribution in [1.82, 2.24) is 4.98 Å². The fourth-order valence-corrected chi connectivity index (χ4v) is 3.03. The summed E-state index contributed by atoms with van der Waals surface area (Å²) in [6.07, 6.45) is -0.0789. The third-order valence-electron chi connectivity index (χ3n) is 4.40. The Labute approximate surface area is 168 Å². The number of aliphatic carboxylic acids is 1. The second-order valence-electron chi connectivity index (χ2n) is 6.42. The summed E-state index contributed by atoms with van der Waals surface area (Å²) in [7, 11) is 0. The Kier molecular flexibility index (Phi) is 5.38. The Morgan fingerprint density at radius 2 is 1.48 bits per heavy atom. The summed E-state index contributed by atoms with van der Waals surface area (Å²) in [5.74, 6) is 0.728. The van der Waals surface area contributed by atoms with E-state index in [0.717, 1.165) is 16.8 Å². The SMILES string of the molecule is O=C(O)CCOc1ccccc1-c1nc(-c2ccccc2)c(-c2ccccc2)o1. The minimum absolute atomic E-state index is 0.0736. The van der Waals surface area contributed by atoms with Gasteiger partial charge in [-0.15, -0.1) is 0 Å². The van der Waals surface area contributed by atoms with Crippen molar-refractivity contribution < 1.29 is 19.1 Å². The number of hydrogen-bond acceptors (Lipinski definition) is 4. The summed E-state index contributed by atoms with van der Waals surface area (Å²) >= 11 is 0. The molecule has 3 aromatic carbocycles. The zero-order chi connectivity index (χ0) is 20.1. The zero-order valence-electron chi connectivity index (χ0n) is 15.6. The van der Waals surface area contributed by atoms with Crippen LogP contribution < -0.4 is 4.74 Å². The highest BCUT2D eigenvalue weighted by Crippen LogP contribution is 2.38. The lowest BCUT2D eigenvalue weighted by molar-refractivity contribution is -0.137. The number of aromatic nitrogens is 1. The predicted octanol–water partition coefficient (Wildman–Crippen LogP) is 5.53. The van der Waals surface area contributed by atoms with Gasteiger partial charge >= 0.3 is 5.97 Å². The van der Waals surface area contributed by atoms with Gasteiger partial charge in [-0.05, 0) is 12.1 Å². The van der Waals surface area contributed by atoms with Gasteiger partial charge in [-0.1, -0.05) is 72.8 Å². The molecule has 5 heteroatoms. The molecule has 0 aliphatic heterocycles. The highest BCUT2D eigenvalue weighted by Gasteiger charge is 2.20. The fourth-order valence-electron chi connectivity index (χ4n) is 3.03. The van der Waals surface area contributed by atoms with E-state index in [-0.39, 0.29) is 13.0 Å². The van der Waals surface area contributed by atoms with E-state index < -0.39 is 5.97 Å². The Bertz CT molecular complexity index is 1050. The number of benzene rings is 3. The molecule has 1 heterocycles. The molecule has 1 N–H and O–H groups in total. The van der Waals surface area contributed by atoms with E-state index in [4.69, 9.17) is 19.2 Å². The first kappa shape index (κ1) is 18.5. The highest BCUT2D eigenvalue weighted by molar-refractivity contribution is 5.79. The second-order valence-corrected chi connectivity index (χ2v) is 6.42. The smallest absolute Gasteiger partial charge is 0.306 e. The molecule has 0 spiro atoms. The maximum absolute atomic E-state index is 10.8. The van der Waals surface area contributed by atoms with E-state index in [1.807, 2.05) is 78.9 Å². The van der Waals surface area contributed by atoms with Crippen molar-refractivity contribution in [3.05, 3.63) is 84.9 Å². The third-order valence-corrected chi connectivity index (χ3v) is 4.40. The number of carboxylic acid groups (broad SMARTS) is 1. The number of nitrogens with zero attached hydrogens (tertiary/aromatic N) is 1. The molecule has 0 unspecified atom stereocenters. The number of carbonyl (C=O) groups is 1. The molecule has 0 bridgehead atoms. The summed E-state index contributed by atoms with van der Waals surface area (Å²) in [6.45, 7) is 0.0736. The number of para-hydroxylation sites is 1. The molecule has 4 rings (SSSR count). The Balaban J connectivity index is 1.78. The lowest BCUT2D eigenvalue weighted by Gasteiger charge is -2.08. The van der Waals surface area contributed by atoms with Gasteiger partial charge in [-0.25, -0.2) is 4.98 Å². The van der Waals surface area contributed by atoms with E-state index in [0.29, 0.717) is 23.0 Å². The number of hydrogen-bond donors (Lipinski definition) is 1. The van der Waals surface area contributed by atoms with E-state index in [1.54, 1.807) is 6.07 Å². The molecule has 29 heavy (non-hydrogen) atoms. The Hall–Kier alpha value is -3.86. The monoisotopic (exact) mass is 385 g/mol. The quantitative estimate of drug-likeness (QED) is 0.453. The van der Waals surface area contributed by atoms with Crippen molar-refractivity contribution in [2.75, 3.05) is 6.61 Å². The maximum atomic E-state index is 10.8. The van der Waals surface area contributed by atoms with Crippen molar-refractivity contribution in [3.63, 3.8) is 0 Å². The minimum Gasteiger partial charge on any atom is -0.492 e. The number of carboxylic acids is 1. The van der Waals surface area contributed by atoms with Crippen LogP contribution in [0.4, 0.5) is 0 Å². The summed E-state index contributed by atoms with van der Waals surface area (Å²) in [6, 6.07) is 27.0. The molecule has 1 aromatic heterocycles. The van der Waals surface area contributed by atoms with Gasteiger partial charge in [0.05, 0.1) is 18.6 Å². The lowest BCUT2D eigenvalue weighted by Crippen LogP contribution is -2.05. The summed E-state index contributed by atoms with van der Waals surface area (Å²) in [5, 5.41) is 8.86. The molecule has 0 fully saturated rings. The van der Waals surface area contributed by atoms with Gasteiger partial charge in [0, 0.05) is 11.1 Å². The van der Waals surface area contributed by atoms with Gasteiger partial charge in [-0.2, -0.15) is 0 Å². The molecular formula is C24H19NO4. The highest BCUT2D eigenvalue weighted by atomic mass is 16.5. The van der Waals surface area contributed by atoms with E-state index in [9.17, 15) is 4.79 Å². The van der Waals surface area contributed by atoms with Crippen LogP contribution in [0.15, 0.2) is 89.3 Å². The van der Waals surface area contributed by atoms with Gasteiger partial charge in [0.15, 0.2) is 5.76 Å². The van der Waals surface area contributed by atoms with Crippen LogP contribution in [0.2, 0.25) is 0 Å². The first-order valence-electron chi connectivity index (χ1n) is 9.28. The molecule has 0 saturated carbocycles. The largest absolute Gasteiger partial charge is 0.492 e. The average Bonchev–Trinajstić information content (AvgIpc) is 3.20. The minimum atomic E-state index is -0.906. The second kappa shape index (κ2) is 8.44. The van der Waals surface area contributed by atoms with Crippen molar-refractivity contribution in [2.45, 2.75) is 6.42 Å².